The van der Waals surface area contributed by atoms with E-state index in [9.17, 15) is 9.18 Å². The summed E-state index contributed by atoms with van der Waals surface area (Å²) in [6.45, 7) is 6.33. The number of rotatable bonds is 5. The van der Waals surface area contributed by atoms with Crippen LogP contribution in [0.25, 0.3) is 5.78 Å². The van der Waals surface area contributed by atoms with Crippen molar-refractivity contribution in [3.8, 4) is 0 Å². The number of aryl methyl sites for hydroxylation is 2. The quantitative estimate of drug-likeness (QED) is 0.636. The Labute approximate surface area is 159 Å². The summed E-state index contributed by atoms with van der Waals surface area (Å²) in [6, 6.07) is 6.61. The third-order valence-corrected chi connectivity index (χ3v) is 4.57. The zero-order valence-electron chi connectivity index (χ0n) is 14.8. The molecule has 0 bridgehead atoms. The van der Waals surface area contributed by atoms with Crippen LogP contribution in [0.5, 0.6) is 0 Å². The van der Waals surface area contributed by atoms with Crippen LogP contribution in [0.3, 0.4) is 0 Å². The van der Waals surface area contributed by atoms with Gasteiger partial charge >= 0.3 is 0 Å². The molecular formula is C18H19BrFN5O. The first-order chi connectivity index (χ1) is 12.4. The van der Waals surface area contributed by atoms with E-state index in [2.05, 4.69) is 31.0 Å². The Hall–Kier alpha value is -2.35. The molecule has 6 nitrogen and oxygen atoms in total. The third-order valence-electron chi connectivity index (χ3n) is 4.07. The van der Waals surface area contributed by atoms with Crippen molar-refractivity contribution in [2.24, 2.45) is 0 Å². The monoisotopic (exact) mass is 419 g/mol. The molecule has 3 aromatic rings. The standard InChI is InChI=1S/C18H19BrFN5O/c1-4-24(10-13-8-14(19)5-6-15(13)20)17(26)9-16-22-18-21-11(2)7-12(3)25(18)23-16/h5-8H,4,9-10H2,1-3H3. The second-order valence-electron chi connectivity index (χ2n) is 6.10. The van der Waals surface area contributed by atoms with Gasteiger partial charge in [-0.15, -0.1) is 5.10 Å². The predicted octanol–water partition coefficient (Wildman–Crippen LogP) is 3.23. The summed E-state index contributed by atoms with van der Waals surface area (Å²) in [7, 11) is 0. The van der Waals surface area contributed by atoms with Crippen molar-refractivity contribution < 1.29 is 9.18 Å². The lowest BCUT2D eigenvalue weighted by Crippen LogP contribution is -2.32. The number of hydrogen-bond acceptors (Lipinski definition) is 4. The van der Waals surface area contributed by atoms with E-state index in [1.165, 1.54) is 6.07 Å². The van der Waals surface area contributed by atoms with Gasteiger partial charge in [-0.2, -0.15) is 4.98 Å². The normalized spacial score (nSPS) is 11.1. The Balaban J connectivity index is 1.79. The van der Waals surface area contributed by atoms with Crippen LogP contribution < -0.4 is 0 Å². The molecule has 0 saturated heterocycles. The number of carbonyl (C=O) groups is 1. The number of hydrogen-bond donors (Lipinski definition) is 0. The molecule has 136 valence electrons. The Morgan fingerprint density at radius 1 is 1.27 bits per heavy atom. The van der Waals surface area contributed by atoms with E-state index in [1.807, 2.05) is 26.8 Å². The maximum absolute atomic E-state index is 14.0. The van der Waals surface area contributed by atoms with Crippen molar-refractivity contribution in [1.29, 1.82) is 0 Å². The first kappa shape index (κ1) is 18.4. The van der Waals surface area contributed by atoms with Gasteiger partial charge in [0.1, 0.15) is 5.82 Å². The van der Waals surface area contributed by atoms with E-state index >= 15 is 0 Å². The molecule has 0 aliphatic heterocycles. The number of carbonyl (C=O) groups excluding carboxylic acids is 1. The Bertz CT molecular complexity index is 972. The van der Waals surface area contributed by atoms with Gasteiger partial charge in [-0.25, -0.2) is 13.9 Å². The van der Waals surface area contributed by atoms with Crippen LogP contribution in [-0.2, 0) is 17.8 Å². The summed E-state index contributed by atoms with van der Waals surface area (Å²) in [5, 5.41) is 4.36. The minimum atomic E-state index is -0.333. The van der Waals surface area contributed by atoms with Crippen LogP contribution in [0.15, 0.2) is 28.7 Å². The van der Waals surface area contributed by atoms with Gasteiger partial charge in [0.25, 0.3) is 5.78 Å². The molecule has 8 heteroatoms. The second-order valence-corrected chi connectivity index (χ2v) is 7.01. The molecule has 0 saturated carbocycles. The molecule has 0 unspecified atom stereocenters. The van der Waals surface area contributed by atoms with Crippen LogP contribution in [0.1, 0.15) is 29.7 Å². The predicted molar refractivity (Wildman–Crippen MR) is 99.2 cm³/mol. The summed E-state index contributed by atoms with van der Waals surface area (Å²) < 4.78 is 16.4. The zero-order valence-corrected chi connectivity index (χ0v) is 16.4. The average molecular weight is 420 g/mol. The minimum Gasteiger partial charge on any atom is -0.338 e. The number of aromatic nitrogens is 4. The van der Waals surface area contributed by atoms with Crippen LogP contribution in [0, 0.1) is 19.7 Å². The molecule has 0 fully saturated rings. The Kier molecular flexibility index (Phi) is 5.31. The molecular weight excluding hydrogens is 401 g/mol. The largest absolute Gasteiger partial charge is 0.338 e. The summed E-state index contributed by atoms with van der Waals surface area (Å²) >= 11 is 3.33. The van der Waals surface area contributed by atoms with Crippen LogP contribution in [-0.4, -0.2) is 36.9 Å². The zero-order chi connectivity index (χ0) is 18.8. The molecule has 26 heavy (non-hydrogen) atoms. The van der Waals surface area contributed by atoms with Gasteiger partial charge in [0.15, 0.2) is 5.82 Å². The highest BCUT2D eigenvalue weighted by molar-refractivity contribution is 9.10. The minimum absolute atomic E-state index is 0.0469. The lowest BCUT2D eigenvalue weighted by molar-refractivity contribution is -0.131. The number of nitrogens with zero attached hydrogens (tertiary/aromatic N) is 5. The fourth-order valence-electron chi connectivity index (χ4n) is 2.78. The van der Waals surface area contributed by atoms with E-state index in [0.29, 0.717) is 23.7 Å². The average Bonchev–Trinajstić information content (AvgIpc) is 2.98. The maximum Gasteiger partial charge on any atom is 0.252 e. The number of halogens is 2. The molecule has 3 rings (SSSR count). The van der Waals surface area contributed by atoms with Crippen molar-refractivity contribution in [1.82, 2.24) is 24.5 Å². The van der Waals surface area contributed by atoms with Gasteiger partial charge in [-0.05, 0) is 45.0 Å². The van der Waals surface area contributed by atoms with Gasteiger partial charge < -0.3 is 4.90 Å². The van der Waals surface area contributed by atoms with Crippen LogP contribution in [0.4, 0.5) is 4.39 Å². The summed E-state index contributed by atoms with van der Waals surface area (Å²) in [5.74, 6) is 0.397. The number of amides is 1. The van der Waals surface area contributed by atoms with E-state index < -0.39 is 0 Å². The summed E-state index contributed by atoms with van der Waals surface area (Å²) in [4.78, 5) is 22.9. The second kappa shape index (κ2) is 7.49. The fourth-order valence-corrected chi connectivity index (χ4v) is 3.18. The van der Waals surface area contributed by atoms with Crippen molar-refractivity contribution in [3.05, 3.63) is 57.3 Å². The molecule has 2 aromatic heterocycles. The summed E-state index contributed by atoms with van der Waals surface area (Å²) in [5.41, 5.74) is 2.22. The molecule has 0 N–H and O–H groups in total. The highest BCUT2D eigenvalue weighted by atomic mass is 79.9. The van der Waals surface area contributed by atoms with E-state index in [-0.39, 0.29) is 24.7 Å². The Morgan fingerprint density at radius 3 is 2.77 bits per heavy atom. The third kappa shape index (κ3) is 3.90. The van der Waals surface area contributed by atoms with Gasteiger partial charge in [0.05, 0.1) is 6.42 Å². The van der Waals surface area contributed by atoms with Crippen LogP contribution in [0.2, 0.25) is 0 Å². The fraction of sp³-hybridized carbons (Fsp3) is 0.333. The topological polar surface area (TPSA) is 63.4 Å². The van der Waals surface area contributed by atoms with Crippen molar-refractivity contribution in [3.63, 3.8) is 0 Å². The molecule has 0 radical (unpaired) electrons. The molecule has 1 aromatic carbocycles. The number of fused-ring (bicyclic) bond motifs is 1. The van der Waals surface area contributed by atoms with Gasteiger partial charge in [-0.1, -0.05) is 15.9 Å². The summed E-state index contributed by atoms with van der Waals surface area (Å²) in [6.07, 6.45) is 0.0469. The highest BCUT2D eigenvalue weighted by Gasteiger charge is 2.18. The Morgan fingerprint density at radius 2 is 2.04 bits per heavy atom. The van der Waals surface area contributed by atoms with Crippen molar-refractivity contribution in [2.75, 3.05) is 6.54 Å². The molecule has 0 aliphatic rings. The maximum atomic E-state index is 14.0. The van der Waals surface area contributed by atoms with E-state index in [4.69, 9.17) is 0 Å². The molecule has 0 atom stereocenters. The van der Waals surface area contributed by atoms with E-state index in [1.54, 1.807) is 21.5 Å². The van der Waals surface area contributed by atoms with Crippen molar-refractivity contribution >= 4 is 27.6 Å². The van der Waals surface area contributed by atoms with Gasteiger partial charge in [0, 0.05) is 34.5 Å². The van der Waals surface area contributed by atoms with Crippen LogP contribution >= 0.6 is 15.9 Å². The van der Waals surface area contributed by atoms with Gasteiger partial charge in [0.2, 0.25) is 5.91 Å². The number of likely N-dealkylation sites (N-methyl/N-ethyl adjacent to an activating group) is 1. The lowest BCUT2D eigenvalue weighted by atomic mass is 10.2. The number of benzene rings is 1. The molecule has 1 amide bonds. The molecule has 0 spiro atoms. The lowest BCUT2D eigenvalue weighted by Gasteiger charge is -2.20. The van der Waals surface area contributed by atoms with Crippen molar-refractivity contribution in [2.45, 2.75) is 33.7 Å². The molecule has 0 aliphatic carbocycles. The smallest absolute Gasteiger partial charge is 0.252 e. The SMILES string of the molecule is CCN(Cc1cc(Br)ccc1F)C(=O)Cc1nc2nc(C)cc(C)n2n1. The van der Waals surface area contributed by atoms with Gasteiger partial charge in [-0.3, -0.25) is 4.79 Å². The highest BCUT2D eigenvalue weighted by Crippen LogP contribution is 2.18. The first-order valence-corrected chi connectivity index (χ1v) is 9.08. The van der Waals surface area contributed by atoms with E-state index in [0.717, 1.165) is 15.9 Å². The first-order valence-electron chi connectivity index (χ1n) is 8.29. The molecule has 2 heterocycles.